The number of carboxylic acids is 1. The maximum Gasteiger partial charge on any atom is 0.326 e. The van der Waals surface area contributed by atoms with Gasteiger partial charge in [-0.2, -0.15) is 0 Å². The Morgan fingerprint density at radius 1 is 1.50 bits per heavy atom. The Morgan fingerprint density at radius 2 is 2.19 bits per heavy atom. The van der Waals surface area contributed by atoms with Crippen LogP contribution in [0.5, 0.6) is 0 Å². The van der Waals surface area contributed by atoms with E-state index in [1.165, 1.54) is 6.08 Å². The molecule has 0 aliphatic carbocycles. The van der Waals surface area contributed by atoms with Crippen molar-refractivity contribution in [1.82, 2.24) is 5.32 Å². The molecule has 1 amide bonds. The standard InChI is InChI=1S/C12H17NO3/c1-3-5-6-7-9-11(14)13-10(8-4-2)12(15)16/h1,4,10H,2,5-9H2,(H,13,14)(H,15,16). The predicted molar refractivity (Wildman–Crippen MR) is 61.7 cm³/mol. The van der Waals surface area contributed by atoms with E-state index in [-0.39, 0.29) is 12.3 Å². The average molecular weight is 223 g/mol. The molecule has 4 nitrogen and oxygen atoms in total. The van der Waals surface area contributed by atoms with Gasteiger partial charge in [0, 0.05) is 12.8 Å². The lowest BCUT2D eigenvalue weighted by Gasteiger charge is -2.12. The van der Waals surface area contributed by atoms with Crippen LogP contribution >= 0.6 is 0 Å². The molecular weight excluding hydrogens is 206 g/mol. The number of carbonyl (C=O) groups excluding carboxylic acids is 1. The zero-order chi connectivity index (χ0) is 12.4. The van der Waals surface area contributed by atoms with Crippen molar-refractivity contribution in [3.63, 3.8) is 0 Å². The predicted octanol–water partition coefficient (Wildman–Crippen LogP) is 1.33. The molecule has 0 aliphatic heterocycles. The Hall–Kier alpha value is -1.76. The van der Waals surface area contributed by atoms with Crippen LogP contribution in [0.15, 0.2) is 12.7 Å². The molecule has 88 valence electrons. The number of nitrogens with one attached hydrogen (secondary N) is 1. The maximum absolute atomic E-state index is 11.3. The number of terminal acetylenes is 1. The van der Waals surface area contributed by atoms with Gasteiger partial charge in [0.2, 0.25) is 5.91 Å². The van der Waals surface area contributed by atoms with Gasteiger partial charge in [-0.05, 0) is 19.3 Å². The Kier molecular flexibility index (Phi) is 7.60. The lowest BCUT2D eigenvalue weighted by molar-refractivity contribution is -0.141. The molecule has 0 aliphatic rings. The number of hydrogen-bond acceptors (Lipinski definition) is 2. The monoisotopic (exact) mass is 223 g/mol. The van der Waals surface area contributed by atoms with Gasteiger partial charge in [0.25, 0.3) is 0 Å². The summed E-state index contributed by atoms with van der Waals surface area (Å²) in [5, 5.41) is 11.2. The first-order valence-electron chi connectivity index (χ1n) is 5.18. The number of aliphatic carboxylic acids is 1. The van der Waals surface area contributed by atoms with Gasteiger partial charge in [-0.25, -0.2) is 4.79 Å². The summed E-state index contributed by atoms with van der Waals surface area (Å²) in [4.78, 5) is 22.0. The second-order valence-electron chi connectivity index (χ2n) is 3.39. The lowest BCUT2D eigenvalue weighted by Crippen LogP contribution is -2.40. The molecule has 0 aromatic heterocycles. The Morgan fingerprint density at radius 3 is 2.69 bits per heavy atom. The minimum Gasteiger partial charge on any atom is -0.480 e. The van der Waals surface area contributed by atoms with Crippen molar-refractivity contribution in [2.45, 2.75) is 38.1 Å². The summed E-state index contributed by atoms with van der Waals surface area (Å²) in [5.74, 6) is 1.18. The number of carbonyl (C=O) groups is 2. The number of amides is 1. The highest BCUT2D eigenvalue weighted by Gasteiger charge is 2.17. The third kappa shape index (κ3) is 6.66. The normalized spacial score (nSPS) is 11.2. The van der Waals surface area contributed by atoms with Crippen LogP contribution in [0.25, 0.3) is 0 Å². The van der Waals surface area contributed by atoms with Gasteiger partial charge in [-0.3, -0.25) is 4.79 Å². The summed E-state index contributed by atoms with van der Waals surface area (Å²) in [6.07, 6.45) is 9.17. The molecule has 0 radical (unpaired) electrons. The molecule has 0 saturated carbocycles. The molecular formula is C12H17NO3. The number of carboxylic acid groups (broad SMARTS) is 1. The molecule has 0 bridgehead atoms. The van der Waals surface area contributed by atoms with E-state index in [0.717, 1.165) is 6.42 Å². The van der Waals surface area contributed by atoms with Gasteiger partial charge in [-0.1, -0.05) is 6.08 Å². The van der Waals surface area contributed by atoms with Gasteiger partial charge >= 0.3 is 5.97 Å². The molecule has 4 heteroatoms. The summed E-state index contributed by atoms with van der Waals surface area (Å²) in [7, 11) is 0. The average Bonchev–Trinajstić information content (AvgIpc) is 2.23. The maximum atomic E-state index is 11.3. The largest absolute Gasteiger partial charge is 0.480 e. The fourth-order valence-corrected chi connectivity index (χ4v) is 1.17. The topological polar surface area (TPSA) is 66.4 Å². The first-order valence-corrected chi connectivity index (χ1v) is 5.18. The van der Waals surface area contributed by atoms with E-state index in [2.05, 4.69) is 17.8 Å². The minimum absolute atomic E-state index is 0.228. The third-order valence-electron chi connectivity index (χ3n) is 2.01. The molecule has 0 saturated heterocycles. The van der Waals surface area contributed by atoms with Gasteiger partial charge in [-0.15, -0.1) is 18.9 Å². The van der Waals surface area contributed by atoms with Crippen LogP contribution in [0.4, 0.5) is 0 Å². The van der Waals surface area contributed by atoms with E-state index < -0.39 is 12.0 Å². The molecule has 0 aromatic carbocycles. The van der Waals surface area contributed by atoms with Gasteiger partial charge < -0.3 is 10.4 Å². The smallest absolute Gasteiger partial charge is 0.326 e. The Labute approximate surface area is 95.7 Å². The van der Waals surface area contributed by atoms with E-state index >= 15 is 0 Å². The summed E-state index contributed by atoms with van der Waals surface area (Å²) in [6, 6.07) is -0.877. The zero-order valence-electron chi connectivity index (χ0n) is 9.24. The molecule has 1 unspecified atom stereocenters. The van der Waals surface area contributed by atoms with Crippen molar-refractivity contribution in [3.8, 4) is 12.3 Å². The first-order chi connectivity index (χ1) is 7.61. The third-order valence-corrected chi connectivity index (χ3v) is 2.01. The summed E-state index contributed by atoms with van der Waals surface area (Å²) < 4.78 is 0. The van der Waals surface area contributed by atoms with Crippen LogP contribution in [-0.2, 0) is 9.59 Å². The van der Waals surface area contributed by atoms with Crippen LogP contribution < -0.4 is 5.32 Å². The highest BCUT2D eigenvalue weighted by molar-refractivity contribution is 5.83. The van der Waals surface area contributed by atoms with Crippen LogP contribution in [0, 0.1) is 12.3 Å². The van der Waals surface area contributed by atoms with Crippen molar-refractivity contribution >= 4 is 11.9 Å². The zero-order valence-corrected chi connectivity index (χ0v) is 9.24. The SMILES string of the molecule is C#CCCCCC(=O)NC(CC=C)C(=O)O. The Bertz CT molecular complexity index is 291. The lowest BCUT2D eigenvalue weighted by atomic mass is 10.1. The quantitative estimate of drug-likeness (QED) is 0.370. The first kappa shape index (κ1) is 14.2. The van der Waals surface area contributed by atoms with E-state index in [1.54, 1.807) is 0 Å². The molecule has 1 atom stereocenters. The highest BCUT2D eigenvalue weighted by Crippen LogP contribution is 2.00. The highest BCUT2D eigenvalue weighted by atomic mass is 16.4. The minimum atomic E-state index is -1.04. The van der Waals surface area contributed by atoms with Gasteiger partial charge in [0.1, 0.15) is 6.04 Å². The molecule has 0 rings (SSSR count). The molecule has 2 N–H and O–H groups in total. The summed E-state index contributed by atoms with van der Waals surface area (Å²) >= 11 is 0. The molecule has 0 aromatic rings. The van der Waals surface area contributed by atoms with Crippen molar-refractivity contribution in [2.75, 3.05) is 0 Å². The van der Waals surface area contributed by atoms with E-state index in [0.29, 0.717) is 19.3 Å². The number of unbranched alkanes of at least 4 members (excludes halogenated alkanes) is 2. The van der Waals surface area contributed by atoms with Crippen LogP contribution in [0.2, 0.25) is 0 Å². The van der Waals surface area contributed by atoms with Crippen LogP contribution in [0.3, 0.4) is 0 Å². The van der Waals surface area contributed by atoms with Crippen LogP contribution in [-0.4, -0.2) is 23.0 Å². The van der Waals surface area contributed by atoms with Crippen molar-refractivity contribution in [2.24, 2.45) is 0 Å². The second kappa shape index (κ2) is 8.54. The molecule has 0 spiro atoms. The number of hydrogen-bond donors (Lipinski definition) is 2. The molecule has 16 heavy (non-hydrogen) atoms. The van der Waals surface area contributed by atoms with E-state index in [4.69, 9.17) is 11.5 Å². The second-order valence-corrected chi connectivity index (χ2v) is 3.39. The van der Waals surface area contributed by atoms with Gasteiger partial charge in [0.05, 0.1) is 0 Å². The van der Waals surface area contributed by atoms with Crippen LogP contribution in [0.1, 0.15) is 32.1 Å². The van der Waals surface area contributed by atoms with Gasteiger partial charge in [0.15, 0.2) is 0 Å². The van der Waals surface area contributed by atoms with Crippen molar-refractivity contribution < 1.29 is 14.7 Å². The number of rotatable bonds is 8. The molecule has 0 heterocycles. The Balaban J connectivity index is 3.87. The van der Waals surface area contributed by atoms with E-state index in [1.807, 2.05) is 0 Å². The van der Waals surface area contributed by atoms with E-state index in [9.17, 15) is 9.59 Å². The molecule has 0 fully saturated rings. The van der Waals surface area contributed by atoms with Crippen molar-refractivity contribution in [3.05, 3.63) is 12.7 Å². The summed E-state index contributed by atoms with van der Waals surface area (Å²) in [6.45, 7) is 3.44. The summed E-state index contributed by atoms with van der Waals surface area (Å²) in [5.41, 5.74) is 0. The van der Waals surface area contributed by atoms with Crippen molar-refractivity contribution in [1.29, 1.82) is 0 Å². The fraction of sp³-hybridized carbons (Fsp3) is 0.500. The fourth-order valence-electron chi connectivity index (χ4n) is 1.17.